The normalized spacial score (nSPS) is 16.0. The molecule has 0 saturated carbocycles. The van der Waals surface area contributed by atoms with Crippen molar-refractivity contribution in [3.8, 4) is 0 Å². The predicted molar refractivity (Wildman–Crippen MR) is 60.2 cm³/mol. The fourth-order valence-corrected chi connectivity index (χ4v) is 2.61. The van der Waals surface area contributed by atoms with E-state index in [9.17, 15) is 9.59 Å². The number of carbonyl (C=O) groups excluding carboxylic acids is 1. The van der Waals surface area contributed by atoms with Crippen LogP contribution in [0.4, 0.5) is 5.13 Å². The molecule has 0 spiro atoms. The zero-order valence-electron chi connectivity index (χ0n) is 9.06. The number of aromatic nitrogens is 1. The molecule has 1 aromatic heterocycles. The Bertz CT molecular complexity index is 449. The van der Waals surface area contributed by atoms with Crippen LogP contribution in [0.5, 0.6) is 0 Å². The molecule has 86 valence electrons. The maximum Gasteiger partial charge on any atom is 0.310 e. The van der Waals surface area contributed by atoms with E-state index in [0.29, 0.717) is 18.8 Å². The summed E-state index contributed by atoms with van der Waals surface area (Å²) in [5, 5.41) is 9.50. The lowest BCUT2D eigenvalue weighted by molar-refractivity contribution is -0.142. The molecule has 1 aliphatic rings. The minimum absolute atomic E-state index is 0.0460. The van der Waals surface area contributed by atoms with Crippen LogP contribution in [-0.4, -0.2) is 34.9 Å². The van der Waals surface area contributed by atoms with Crippen molar-refractivity contribution < 1.29 is 14.7 Å². The monoisotopic (exact) mass is 240 g/mol. The van der Waals surface area contributed by atoms with Gasteiger partial charge >= 0.3 is 5.97 Å². The smallest absolute Gasteiger partial charge is 0.310 e. The van der Waals surface area contributed by atoms with Gasteiger partial charge < -0.3 is 10.0 Å². The van der Waals surface area contributed by atoms with Crippen LogP contribution in [-0.2, 0) is 4.79 Å². The van der Waals surface area contributed by atoms with Crippen LogP contribution in [0.15, 0.2) is 0 Å². The second kappa shape index (κ2) is 3.86. The standard InChI is InChI=1S/C10H12N2O3S/c1-5(13)8-6(2)16-10(11-8)12-3-7(4-12)9(14)15/h7H,3-4H2,1-2H3,(H,14,15). The largest absolute Gasteiger partial charge is 0.481 e. The Morgan fingerprint density at radius 1 is 1.50 bits per heavy atom. The first-order chi connectivity index (χ1) is 7.49. The lowest BCUT2D eigenvalue weighted by Gasteiger charge is -2.36. The van der Waals surface area contributed by atoms with Crippen molar-refractivity contribution in [3.63, 3.8) is 0 Å². The number of rotatable bonds is 3. The topological polar surface area (TPSA) is 70.5 Å². The Balaban J connectivity index is 2.10. The van der Waals surface area contributed by atoms with Crippen molar-refractivity contribution >= 4 is 28.2 Å². The molecule has 0 unspecified atom stereocenters. The van der Waals surface area contributed by atoms with Crippen LogP contribution in [0.3, 0.4) is 0 Å². The molecular formula is C10H12N2O3S. The molecule has 16 heavy (non-hydrogen) atoms. The molecule has 0 aromatic carbocycles. The highest BCUT2D eigenvalue weighted by atomic mass is 32.1. The quantitative estimate of drug-likeness (QED) is 0.803. The van der Waals surface area contributed by atoms with E-state index >= 15 is 0 Å². The Morgan fingerprint density at radius 2 is 2.12 bits per heavy atom. The van der Waals surface area contributed by atoms with Gasteiger partial charge in [0.1, 0.15) is 5.69 Å². The summed E-state index contributed by atoms with van der Waals surface area (Å²) < 4.78 is 0. The van der Waals surface area contributed by atoms with E-state index in [1.165, 1.54) is 18.3 Å². The third kappa shape index (κ3) is 1.80. The minimum Gasteiger partial charge on any atom is -0.481 e. The molecule has 2 heterocycles. The number of aliphatic carboxylic acids is 1. The van der Waals surface area contributed by atoms with E-state index in [0.717, 1.165) is 10.0 Å². The lowest BCUT2D eigenvalue weighted by atomic mass is 10.0. The van der Waals surface area contributed by atoms with Crippen LogP contribution in [0.2, 0.25) is 0 Å². The lowest BCUT2D eigenvalue weighted by Crippen LogP contribution is -2.50. The molecule has 6 heteroatoms. The van der Waals surface area contributed by atoms with Gasteiger partial charge in [-0.1, -0.05) is 0 Å². The highest BCUT2D eigenvalue weighted by molar-refractivity contribution is 7.15. The fourth-order valence-electron chi connectivity index (χ4n) is 1.64. The summed E-state index contributed by atoms with van der Waals surface area (Å²) in [7, 11) is 0. The molecule has 1 saturated heterocycles. The third-order valence-electron chi connectivity index (χ3n) is 2.62. The number of Topliss-reactive ketones (excluding diaryl/α,β-unsaturated/α-hetero) is 1. The van der Waals surface area contributed by atoms with Gasteiger partial charge in [-0.15, -0.1) is 11.3 Å². The van der Waals surface area contributed by atoms with Crippen LogP contribution in [0, 0.1) is 12.8 Å². The van der Waals surface area contributed by atoms with Gasteiger partial charge in [-0.2, -0.15) is 0 Å². The van der Waals surface area contributed by atoms with Crippen LogP contribution in [0.25, 0.3) is 0 Å². The molecule has 1 aliphatic heterocycles. The highest BCUT2D eigenvalue weighted by Gasteiger charge is 2.34. The summed E-state index contributed by atoms with van der Waals surface area (Å²) in [5.41, 5.74) is 0.499. The zero-order chi connectivity index (χ0) is 11.9. The second-order valence-electron chi connectivity index (χ2n) is 3.90. The van der Waals surface area contributed by atoms with Crippen LogP contribution < -0.4 is 4.90 Å². The molecule has 0 amide bonds. The molecule has 2 rings (SSSR count). The van der Waals surface area contributed by atoms with E-state index in [4.69, 9.17) is 5.11 Å². The van der Waals surface area contributed by atoms with E-state index in [1.807, 2.05) is 11.8 Å². The van der Waals surface area contributed by atoms with Gasteiger partial charge in [0, 0.05) is 24.9 Å². The number of thiazole rings is 1. The molecule has 0 aliphatic carbocycles. The number of nitrogens with zero attached hydrogens (tertiary/aromatic N) is 2. The Hall–Kier alpha value is -1.43. The van der Waals surface area contributed by atoms with Crippen molar-refractivity contribution in [2.75, 3.05) is 18.0 Å². The number of carboxylic acid groups (broad SMARTS) is 1. The minimum atomic E-state index is -0.767. The molecule has 1 fully saturated rings. The molecule has 0 radical (unpaired) electrons. The van der Waals surface area contributed by atoms with Crippen molar-refractivity contribution in [2.45, 2.75) is 13.8 Å². The van der Waals surface area contributed by atoms with Gasteiger partial charge in [0.25, 0.3) is 0 Å². The molecule has 5 nitrogen and oxygen atoms in total. The molecule has 1 N–H and O–H groups in total. The second-order valence-corrected chi connectivity index (χ2v) is 5.08. The van der Waals surface area contributed by atoms with Gasteiger partial charge in [0.05, 0.1) is 5.92 Å². The first-order valence-electron chi connectivity index (χ1n) is 4.95. The van der Waals surface area contributed by atoms with Crippen molar-refractivity contribution in [1.82, 2.24) is 4.98 Å². The van der Waals surface area contributed by atoms with Gasteiger partial charge in [0.2, 0.25) is 0 Å². The number of hydrogen-bond donors (Lipinski definition) is 1. The zero-order valence-corrected chi connectivity index (χ0v) is 9.87. The number of aryl methyl sites for hydroxylation is 1. The van der Waals surface area contributed by atoms with E-state index in [2.05, 4.69) is 4.98 Å². The summed E-state index contributed by atoms with van der Waals surface area (Å²) >= 11 is 1.44. The fraction of sp³-hybridized carbons (Fsp3) is 0.500. The van der Waals surface area contributed by atoms with E-state index in [1.54, 1.807) is 0 Å². The number of anilines is 1. The SMILES string of the molecule is CC(=O)c1nc(N2CC(C(=O)O)C2)sc1C. The Kier molecular flexibility index (Phi) is 2.67. The summed E-state index contributed by atoms with van der Waals surface area (Å²) in [6.45, 7) is 4.31. The van der Waals surface area contributed by atoms with E-state index in [-0.39, 0.29) is 11.7 Å². The number of carboxylic acids is 1. The Labute approximate surface area is 96.7 Å². The van der Waals surface area contributed by atoms with Gasteiger partial charge in [-0.25, -0.2) is 4.98 Å². The summed E-state index contributed by atoms with van der Waals surface area (Å²) in [6, 6.07) is 0. The Morgan fingerprint density at radius 3 is 2.56 bits per heavy atom. The molecule has 0 bridgehead atoms. The maximum atomic E-state index is 11.2. The molecule has 0 atom stereocenters. The van der Waals surface area contributed by atoms with Crippen LogP contribution in [0.1, 0.15) is 22.3 Å². The van der Waals surface area contributed by atoms with Crippen LogP contribution >= 0.6 is 11.3 Å². The predicted octanol–water partition coefficient (Wildman–Crippen LogP) is 1.17. The van der Waals surface area contributed by atoms with Gasteiger partial charge in [-0.3, -0.25) is 9.59 Å². The number of carbonyl (C=O) groups is 2. The summed E-state index contributed by atoms with van der Waals surface area (Å²) in [4.78, 5) is 28.9. The molecular weight excluding hydrogens is 228 g/mol. The number of ketones is 1. The first kappa shape index (κ1) is 11.1. The van der Waals surface area contributed by atoms with Crippen molar-refractivity contribution in [1.29, 1.82) is 0 Å². The summed E-state index contributed by atoms with van der Waals surface area (Å²) in [6.07, 6.45) is 0. The average Bonchev–Trinajstić information content (AvgIpc) is 2.43. The van der Waals surface area contributed by atoms with Gasteiger partial charge in [0.15, 0.2) is 10.9 Å². The summed E-state index contributed by atoms with van der Waals surface area (Å²) in [5.74, 6) is -1.11. The molecule has 1 aromatic rings. The third-order valence-corrected chi connectivity index (χ3v) is 3.65. The van der Waals surface area contributed by atoms with E-state index < -0.39 is 5.97 Å². The van der Waals surface area contributed by atoms with Crippen molar-refractivity contribution in [2.24, 2.45) is 5.92 Å². The maximum absolute atomic E-state index is 11.2. The highest BCUT2D eigenvalue weighted by Crippen LogP contribution is 2.31. The number of hydrogen-bond acceptors (Lipinski definition) is 5. The van der Waals surface area contributed by atoms with Gasteiger partial charge in [-0.05, 0) is 6.92 Å². The average molecular weight is 240 g/mol. The van der Waals surface area contributed by atoms with Crippen molar-refractivity contribution in [3.05, 3.63) is 10.6 Å². The first-order valence-corrected chi connectivity index (χ1v) is 5.77.